The van der Waals surface area contributed by atoms with Crippen LogP contribution in [0.1, 0.15) is 31.9 Å². The number of hydrogen-bond acceptors (Lipinski definition) is 3. The zero-order chi connectivity index (χ0) is 14.9. The maximum atomic E-state index is 12.1. The molecular weight excluding hydrogens is 322 g/mol. The summed E-state index contributed by atoms with van der Waals surface area (Å²) in [5, 5.41) is 0. The molecule has 0 radical (unpaired) electrons. The van der Waals surface area contributed by atoms with Gasteiger partial charge in [-0.1, -0.05) is 0 Å². The fourth-order valence-electron chi connectivity index (χ4n) is 2.20. The maximum Gasteiger partial charge on any atom is 0.410 e. The molecule has 0 spiro atoms. The first-order valence-electron chi connectivity index (χ1n) is 6.63. The van der Waals surface area contributed by atoms with Crippen molar-refractivity contribution >= 4 is 22.0 Å². The Morgan fingerprint density at radius 1 is 1.30 bits per heavy atom. The van der Waals surface area contributed by atoms with E-state index in [1.165, 1.54) is 5.56 Å². The van der Waals surface area contributed by atoms with Crippen LogP contribution in [0, 0.1) is 0 Å². The lowest BCUT2D eigenvalue weighted by Gasteiger charge is -2.31. The molecule has 0 fully saturated rings. The zero-order valence-electron chi connectivity index (χ0n) is 12.3. The summed E-state index contributed by atoms with van der Waals surface area (Å²) in [6.45, 7) is 6.88. The van der Waals surface area contributed by atoms with Crippen LogP contribution in [0.5, 0.6) is 5.75 Å². The molecule has 0 N–H and O–H groups in total. The molecule has 110 valence electrons. The smallest absolute Gasteiger partial charge is 0.410 e. The average molecular weight is 342 g/mol. The van der Waals surface area contributed by atoms with Crippen molar-refractivity contribution in [2.45, 2.75) is 39.3 Å². The summed E-state index contributed by atoms with van der Waals surface area (Å²) < 4.78 is 11.7. The molecule has 1 aliphatic heterocycles. The molecule has 1 aromatic carbocycles. The standard InChI is InChI=1S/C15H20BrNO3/c1-15(2,3)20-14(18)17-6-5-10-7-12(16)13(19-4)8-11(10)9-17/h7-8H,5-6,9H2,1-4H3. The van der Waals surface area contributed by atoms with Gasteiger partial charge in [0.05, 0.1) is 11.6 Å². The van der Waals surface area contributed by atoms with Crippen molar-refractivity contribution in [3.05, 3.63) is 27.7 Å². The summed E-state index contributed by atoms with van der Waals surface area (Å²) in [6.07, 6.45) is 0.571. The minimum absolute atomic E-state index is 0.259. The topological polar surface area (TPSA) is 38.8 Å². The largest absolute Gasteiger partial charge is 0.496 e. The van der Waals surface area contributed by atoms with Crippen molar-refractivity contribution in [1.29, 1.82) is 0 Å². The van der Waals surface area contributed by atoms with E-state index >= 15 is 0 Å². The van der Waals surface area contributed by atoms with Gasteiger partial charge in [0.1, 0.15) is 11.4 Å². The Bertz CT molecular complexity index is 523. The molecule has 0 bridgehead atoms. The average Bonchev–Trinajstić information content (AvgIpc) is 2.35. The lowest BCUT2D eigenvalue weighted by molar-refractivity contribution is 0.0224. The lowest BCUT2D eigenvalue weighted by Crippen LogP contribution is -2.39. The first-order chi connectivity index (χ1) is 9.30. The van der Waals surface area contributed by atoms with E-state index in [1.807, 2.05) is 26.8 Å². The highest BCUT2D eigenvalue weighted by molar-refractivity contribution is 9.10. The third kappa shape index (κ3) is 3.45. The summed E-state index contributed by atoms with van der Waals surface area (Å²) in [5.74, 6) is 0.787. The molecule has 5 heteroatoms. The minimum Gasteiger partial charge on any atom is -0.496 e. The number of methoxy groups -OCH3 is 1. The van der Waals surface area contributed by atoms with Crippen LogP contribution in [-0.2, 0) is 17.7 Å². The molecule has 1 aliphatic rings. The molecule has 1 amide bonds. The molecule has 4 nitrogen and oxygen atoms in total. The van der Waals surface area contributed by atoms with Gasteiger partial charge in [-0.2, -0.15) is 0 Å². The third-order valence-electron chi connectivity index (χ3n) is 3.14. The number of hydrogen-bond donors (Lipinski definition) is 0. The highest BCUT2D eigenvalue weighted by atomic mass is 79.9. The second kappa shape index (κ2) is 5.64. The molecule has 20 heavy (non-hydrogen) atoms. The van der Waals surface area contributed by atoms with Crippen molar-refractivity contribution in [2.24, 2.45) is 0 Å². The summed E-state index contributed by atoms with van der Waals surface area (Å²) in [7, 11) is 1.64. The van der Waals surface area contributed by atoms with Crippen LogP contribution >= 0.6 is 15.9 Å². The first kappa shape index (κ1) is 15.2. The highest BCUT2D eigenvalue weighted by Crippen LogP contribution is 2.31. The number of amides is 1. The van der Waals surface area contributed by atoms with Gasteiger partial charge in [0.25, 0.3) is 0 Å². The second-order valence-electron chi connectivity index (χ2n) is 5.91. The molecular formula is C15H20BrNO3. The minimum atomic E-state index is -0.464. The van der Waals surface area contributed by atoms with Crippen LogP contribution in [0.4, 0.5) is 4.79 Å². The predicted octanol–water partition coefficient (Wildman–Crippen LogP) is 3.75. The number of rotatable bonds is 1. The lowest BCUT2D eigenvalue weighted by atomic mass is 10.00. The van der Waals surface area contributed by atoms with Crippen LogP contribution < -0.4 is 4.74 Å². The Hall–Kier alpha value is -1.23. The number of fused-ring (bicyclic) bond motifs is 1. The fraction of sp³-hybridized carbons (Fsp3) is 0.533. The normalized spacial score (nSPS) is 14.8. The Morgan fingerprint density at radius 2 is 2.00 bits per heavy atom. The van der Waals surface area contributed by atoms with Gasteiger partial charge in [0.2, 0.25) is 0 Å². The maximum absolute atomic E-state index is 12.1. The van der Waals surface area contributed by atoms with Crippen molar-refractivity contribution in [3.63, 3.8) is 0 Å². The summed E-state index contributed by atoms with van der Waals surface area (Å²) in [4.78, 5) is 13.8. The van der Waals surface area contributed by atoms with Gasteiger partial charge in [-0.25, -0.2) is 4.79 Å². The Labute approximate surface area is 128 Å². The molecule has 1 heterocycles. The third-order valence-corrected chi connectivity index (χ3v) is 3.76. The molecule has 0 saturated heterocycles. The fourth-order valence-corrected chi connectivity index (χ4v) is 2.75. The van der Waals surface area contributed by atoms with Gasteiger partial charge in [-0.05, 0) is 66.4 Å². The molecule has 0 unspecified atom stereocenters. The van der Waals surface area contributed by atoms with E-state index in [0.717, 1.165) is 22.2 Å². The monoisotopic (exact) mass is 341 g/mol. The molecule has 0 saturated carbocycles. The van der Waals surface area contributed by atoms with Gasteiger partial charge < -0.3 is 14.4 Å². The Morgan fingerprint density at radius 3 is 2.60 bits per heavy atom. The van der Waals surface area contributed by atoms with Crippen molar-refractivity contribution in [3.8, 4) is 5.75 Å². The van der Waals surface area contributed by atoms with Crippen molar-refractivity contribution in [1.82, 2.24) is 4.90 Å². The Balaban J connectivity index is 2.16. The molecule has 0 atom stereocenters. The van der Waals surface area contributed by atoms with Gasteiger partial charge in [0.15, 0.2) is 0 Å². The summed E-state index contributed by atoms with van der Waals surface area (Å²) in [6, 6.07) is 4.05. The number of nitrogens with zero attached hydrogens (tertiary/aromatic N) is 1. The highest BCUT2D eigenvalue weighted by Gasteiger charge is 2.26. The van der Waals surface area contributed by atoms with E-state index in [4.69, 9.17) is 9.47 Å². The van der Waals surface area contributed by atoms with E-state index in [-0.39, 0.29) is 6.09 Å². The van der Waals surface area contributed by atoms with Crippen LogP contribution in [0.25, 0.3) is 0 Å². The van der Waals surface area contributed by atoms with Crippen LogP contribution in [0.15, 0.2) is 16.6 Å². The van der Waals surface area contributed by atoms with E-state index in [1.54, 1.807) is 12.0 Å². The number of carbonyl (C=O) groups excluding carboxylic acids is 1. The van der Waals surface area contributed by atoms with E-state index < -0.39 is 5.60 Å². The first-order valence-corrected chi connectivity index (χ1v) is 7.42. The number of halogens is 1. The van der Waals surface area contributed by atoms with E-state index in [0.29, 0.717) is 13.1 Å². The van der Waals surface area contributed by atoms with E-state index in [2.05, 4.69) is 22.0 Å². The van der Waals surface area contributed by atoms with Gasteiger partial charge >= 0.3 is 6.09 Å². The van der Waals surface area contributed by atoms with Crippen LogP contribution in [0.2, 0.25) is 0 Å². The molecule has 0 aliphatic carbocycles. The quantitative estimate of drug-likeness (QED) is 0.780. The number of benzene rings is 1. The summed E-state index contributed by atoms with van der Waals surface area (Å²) >= 11 is 3.49. The molecule has 1 aromatic rings. The second-order valence-corrected chi connectivity index (χ2v) is 6.76. The van der Waals surface area contributed by atoms with Gasteiger partial charge in [0, 0.05) is 13.1 Å². The van der Waals surface area contributed by atoms with Crippen LogP contribution in [0.3, 0.4) is 0 Å². The SMILES string of the molecule is COc1cc2c(cc1Br)CCN(C(=O)OC(C)(C)C)C2. The molecule has 2 rings (SSSR count). The number of carbonyl (C=O) groups is 1. The van der Waals surface area contributed by atoms with Crippen molar-refractivity contribution < 1.29 is 14.3 Å². The van der Waals surface area contributed by atoms with Crippen molar-refractivity contribution in [2.75, 3.05) is 13.7 Å². The zero-order valence-corrected chi connectivity index (χ0v) is 13.9. The predicted molar refractivity (Wildman–Crippen MR) is 81.0 cm³/mol. The summed E-state index contributed by atoms with van der Waals surface area (Å²) in [5.41, 5.74) is 1.90. The van der Waals surface area contributed by atoms with E-state index in [9.17, 15) is 4.79 Å². The van der Waals surface area contributed by atoms with Gasteiger partial charge in [-0.15, -0.1) is 0 Å². The molecule has 0 aromatic heterocycles. The van der Waals surface area contributed by atoms with Crippen LogP contribution in [-0.4, -0.2) is 30.2 Å². The number of ether oxygens (including phenoxy) is 2. The Kier molecular flexibility index (Phi) is 4.28. The van der Waals surface area contributed by atoms with Gasteiger partial charge in [-0.3, -0.25) is 0 Å².